The maximum atomic E-state index is 12.8. The van der Waals surface area contributed by atoms with Crippen LogP contribution < -0.4 is 19.9 Å². The number of aryl methyl sites for hydroxylation is 1. The minimum Gasteiger partial charge on any atom is -0.493 e. The maximum Gasteiger partial charge on any atom is 0.184 e. The quantitative estimate of drug-likeness (QED) is 0.438. The van der Waals surface area contributed by atoms with Gasteiger partial charge < -0.3 is 15.2 Å². The van der Waals surface area contributed by atoms with Crippen LogP contribution in [0, 0.1) is 0 Å². The third-order valence-corrected chi connectivity index (χ3v) is 6.14. The number of nitrogen functional groups attached to an aromatic ring is 1. The normalized spacial score (nSPS) is 11.8. The molecule has 0 radical (unpaired) electrons. The van der Waals surface area contributed by atoms with E-state index in [9.17, 15) is 4.21 Å². The fourth-order valence-electron chi connectivity index (χ4n) is 3.06. The summed E-state index contributed by atoms with van der Waals surface area (Å²) in [5, 5.41) is 5.96. The predicted octanol–water partition coefficient (Wildman–Crippen LogP) is 3.34. The summed E-state index contributed by atoms with van der Waals surface area (Å²) in [4.78, 5) is 4.86. The number of pyridine rings is 1. The van der Waals surface area contributed by atoms with E-state index in [1.165, 1.54) is 31.9 Å². The van der Waals surface area contributed by atoms with E-state index in [1.54, 1.807) is 36.3 Å². The summed E-state index contributed by atoms with van der Waals surface area (Å²) in [6.45, 7) is 0. The molecule has 9 nitrogen and oxygen atoms in total. The van der Waals surface area contributed by atoms with Crippen LogP contribution in [-0.2, 0) is 18.0 Å². The summed E-state index contributed by atoms with van der Waals surface area (Å²) in [5.41, 5.74) is 9.75. The molecule has 31 heavy (non-hydrogen) atoms. The van der Waals surface area contributed by atoms with Gasteiger partial charge in [-0.05, 0) is 41.4 Å². The van der Waals surface area contributed by atoms with E-state index in [4.69, 9.17) is 15.2 Å². The molecule has 0 aliphatic rings. The van der Waals surface area contributed by atoms with Crippen molar-refractivity contribution in [3.05, 3.63) is 48.2 Å². The van der Waals surface area contributed by atoms with Crippen molar-refractivity contribution < 1.29 is 13.7 Å². The van der Waals surface area contributed by atoms with Gasteiger partial charge in [-0.25, -0.2) is 9.19 Å². The van der Waals surface area contributed by atoms with Gasteiger partial charge in [0.25, 0.3) is 0 Å². The van der Waals surface area contributed by atoms with Crippen LogP contribution in [0.15, 0.2) is 53.1 Å². The lowest BCUT2D eigenvalue weighted by Gasteiger charge is -2.16. The van der Waals surface area contributed by atoms with E-state index in [0.717, 1.165) is 16.8 Å². The highest BCUT2D eigenvalue weighted by atomic mass is 32.2. The van der Waals surface area contributed by atoms with Gasteiger partial charge >= 0.3 is 0 Å². The Morgan fingerprint density at radius 1 is 1.16 bits per heavy atom. The van der Waals surface area contributed by atoms with Gasteiger partial charge in [-0.2, -0.15) is 9.47 Å². The summed E-state index contributed by atoms with van der Waals surface area (Å²) in [5.74, 6) is 1.24. The molecule has 11 heteroatoms. The number of ether oxygens (including phenoxy) is 2. The molecule has 0 aliphatic carbocycles. The zero-order chi connectivity index (χ0) is 22.0. The fraction of sp³-hybridized carbons (Fsp3) is 0.150. The van der Waals surface area contributed by atoms with E-state index in [0.29, 0.717) is 33.5 Å². The molecule has 4 aromatic rings. The lowest BCUT2D eigenvalue weighted by molar-refractivity contribution is 0.356. The van der Waals surface area contributed by atoms with Crippen molar-refractivity contribution in [1.82, 2.24) is 19.1 Å². The van der Waals surface area contributed by atoms with E-state index < -0.39 is 11.0 Å². The highest BCUT2D eigenvalue weighted by molar-refractivity contribution is 7.86. The van der Waals surface area contributed by atoms with Crippen molar-refractivity contribution in [3.63, 3.8) is 0 Å². The monoisotopic (exact) mass is 456 g/mol. The number of benzene rings is 1. The molecule has 0 saturated carbocycles. The highest BCUT2D eigenvalue weighted by Crippen LogP contribution is 2.42. The first-order valence-electron chi connectivity index (χ1n) is 9.10. The molecule has 3 heterocycles. The van der Waals surface area contributed by atoms with Gasteiger partial charge in [0.1, 0.15) is 5.82 Å². The van der Waals surface area contributed by atoms with Crippen molar-refractivity contribution in [1.29, 1.82) is 0 Å². The number of nitrogens with one attached hydrogen (secondary N) is 1. The fourth-order valence-corrected chi connectivity index (χ4v) is 4.45. The van der Waals surface area contributed by atoms with Crippen molar-refractivity contribution in [2.45, 2.75) is 4.90 Å². The van der Waals surface area contributed by atoms with Crippen LogP contribution in [-0.4, -0.2) is 37.6 Å². The Hall–Kier alpha value is -3.44. The number of nitrogens with two attached hydrogens (primary N) is 1. The second kappa shape index (κ2) is 8.74. The van der Waals surface area contributed by atoms with E-state index in [2.05, 4.69) is 19.2 Å². The van der Waals surface area contributed by atoms with Crippen molar-refractivity contribution >= 4 is 34.0 Å². The largest absolute Gasteiger partial charge is 0.493 e. The summed E-state index contributed by atoms with van der Waals surface area (Å²) in [6.07, 6.45) is 4.90. The first kappa shape index (κ1) is 20.8. The summed E-state index contributed by atoms with van der Waals surface area (Å²) >= 11 is 1.36. The molecule has 4 rings (SSSR count). The van der Waals surface area contributed by atoms with Crippen LogP contribution in [0.5, 0.6) is 11.5 Å². The highest BCUT2D eigenvalue weighted by Gasteiger charge is 2.18. The minimum absolute atomic E-state index is 0.352. The van der Waals surface area contributed by atoms with E-state index >= 15 is 0 Å². The van der Waals surface area contributed by atoms with E-state index in [-0.39, 0.29) is 0 Å². The van der Waals surface area contributed by atoms with Gasteiger partial charge in [0, 0.05) is 35.9 Å². The van der Waals surface area contributed by atoms with Crippen molar-refractivity contribution in [2.24, 2.45) is 7.05 Å². The number of aromatic nitrogens is 4. The average Bonchev–Trinajstić information content (AvgIpc) is 3.45. The first-order chi connectivity index (χ1) is 15.0. The molecule has 1 aromatic carbocycles. The smallest absolute Gasteiger partial charge is 0.184 e. The molecule has 0 saturated heterocycles. The van der Waals surface area contributed by atoms with Crippen LogP contribution in [0.1, 0.15) is 0 Å². The second-order valence-corrected chi connectivity index (χ2v) is 8.40. The molecule has 3 aromatic heterocycles. The Kier molecular flexibility index (Phi) is 5.87. The van der Waals surface area contributed by atoms with Crippen molar-refractivity contribution in [3.8, 4) is 33.9 Å². The van der Waals surface area contributed by atoms with Gasteiger partial charge in [0.2, 0.25) is 0 Å². The SMILES string of the molecule is COc1cc(-c2cc(-c3ccsn3)cnc2N)cc(NS(=O)c2cnn(C)c2)c1OC. The number of rotatable bonds is 7. The number of hydrogen-bond donors (Lipinski definition) is 2. The molecule has 3 N–H and O–H groups in total. The molecule has 0 aliphatic heterocycles. The molecular formula is C20H20N6O3S2. The molecule has 1 unspecified atom stereocenters. The second-order valence-electron chi connectivity index (χ2n) is 6.52. The number of hydrogen-bond acceptors (Lipinski definition) is 8. The van der Waals surface area contributed by atoms with Crippen LogP contribution in [0.4, 0.5) is 11.5 Å². The van der Waals surface area contributed by atoms with Gasteiger partial charge in [-0.15, -0.1) is 0 Å². The van der Waals surface area contributed by atoms with Gasteiger partial charge in [-0.1, -0.05) is 0 Å². The summed E-state index contributed by atoms with van der Waals surface area (Å²) in [7, 11) is 3.26. The maximum absolute atomic E-state index is 12.8. The topological polar surface area (TPSA) is 117 Å². The minimum atomic E-state index is -1.56. The molecule has 0 bridgehead atoms. The molecule has 1 atom stereocenters. The van der Waals surface area contributed by atoms with Crippen LogP contribution in [0.2, 0.25) is 0 Å². The van der Waals surface area contributed by atoms with Gasteiger partial charge in [-0.3, -0.25) is 9.40 Å². The van der Waals surface area contributed by atoms with Gasteiger partial charge in [0.05, 0.1) is 36.7 Å². The summed E-state index contributed by atoms with van der Waals surface area (Å²) < 4.78 is 32.8. The first-order valence-corrected chi connectivity index (χ1v) is 11.1. The third-order valence-electron chi connectivity index (χ3n) is 4.54. The lowest BCUT2D eigenvalue weighted by Crippen LogP contribution is -2.07. The van der Waals surface area contributed by atoms with Crippen LogP contribution >= 0.6 is 11.5 Å². The van der Waals surface area contributed by atoms with Crippen LogP contribution in [0.3, 0.4) is 0 Å². The molecule has 160 valence electrons. The molecule has 0 fully saturated rings. The third kappa shape index (κ3) is 4.23. The average molecular weight is 457 g/mol. The molecular weight excluding hydrogens is 436 g/mol. The zero-order valence-corrected chi connectivity index (χ0v) is 18.7. The Morgan fingerprint density at radius 3 is 2.65 bits per heavy atom. The Balaban J connectivity index is 1.80. The Labute approximate surface area is 185 Å². The number of methoxy groups -OCH3 is 2. The summed E-state index contributed by atoms with van der Waals surface area (Å²) in [6, 6.07) is 7.43. The predicted molar refractivity (Wildman–Crippen MR) is 122 cm³/mol. The molecule has 0 amide bonds. The Morgan fingerprint density at radius 2 is 2.00 bits per heavy atom. The zero-order valence-electron chi connectivity index (χ0n) is 17.0. The van der Waals surface area contributed by atoms with Gasteiger partial charge in [0.15, 0.2) is 22.5 Å². The number of nitrogens with zero attached hydrogens (tertiary/aromatic N) is 4. The number of anilines is 2. The standard InChI is InChI=1S/C20H20N6O3S2/c1-26-11-14(10-23-26)31(27)25-17-7-12(8-18(28-2)19(17)29-3)15-6-13(9-22-20(15)21)16-4-5-30-24-16/h4-11,25H,1-3H3,(H2,21,22). The van der Waals surface area contributed by atoms with Crippen molar-refractivity contribution in [2.75, 3.05) is 24.7 Å². The Bertz CT molecular complexity index is 1240. The lowest BCUT2D eigenvalue weighted by atomic mass is 10.0. The molecule has 0 spiro atoms. The van der Waals surface area contributed by atoms with Crippen LogP contribution in [0.25, 0.3) is 22.4 Å². The van der Waals surface area contributed by atoms with E-state index in [1.807, 2.05) is 17.5 Å².